The zero-order chi connectivity index (χ0) is 29.4. The van der Waals surface area contributed by atoms with Gasteiger partial charge in [0, 0.05) is 37.2 Å². The third-order valence-electron chi connectivity index (χ3n) is 7.70. The third-order valence-corrected chi connectivity index (χ3v) is 8.84. The number of hydrogen-bond donors (Lipinski definition) is 3. The second-order valence-corrected chi connectivity index (χ2v) is 12.3. The van der Waals surface area contributed by atoms with E-state index in [4.69, 9.17) is 37.8 Å². The van der Waals surface area contributed by atoms with E-state index in [9.17, 15) is 9.59 Å². The van der Waals surface area contributed by atoms with E-state index < -0.39 is 17.4 Å². The second-order valence-electron chi connectivity index (χ2n) is 10.2. The summed E-state index contributed by atoms with van der Waals surface area (Å²) in [6.45, 7) is 0.103. The van der Waals surface area contributed by atoms with Crippen molar-refractivity contribution < 1.29 is 24.2 Å². The number of aliphatic hydroxyl groups is 1. The fourth-order valence-electron chi connectivity index (χ4n) is 6.00. The van der Waals surface area contributed by atoms with Crippen LogP contribution in [0.2, 0.25) is 10.0 Å². The van der Waals surface area contributed by atoms with Crippen LogP contribution in [0.3, 0.4) is 0 Å². The van der Waals surface area contributed by atoms with Gasteiger partial charge in [-0.3, -0.25) is 9.59 Å². The Morgan fingerprint density at radius 3 is 2.45 bits per heavy atom. The van der Waals surface area contributed by atoms with Crippen molar-refractivity contribution in [3.63, 3.8) is 0 Å². The molecule has 1 fully saturated rings. The number of aliphatic hydroxyl groups excluding tert-OH is 1. The van der Waals surface area contributed by atoms with Crippen LogP contribution in [0.15, 0.2) is 84.9 Å². The first-order chi connectivity index (χ1) is 20.3. The molecule has 2 amide bonds. The lowest BCUT2D eigenvalue weighted by atomic mass is 9.59. The number of ether oxygens (including phenoxy) is 2. The van der Waals surface area contributed by atoms with Gasteiger partial charge in [0.15, 0.2) is 0 Å². The fraction of sp³-hybridized carbons (Fsp3) is 0.188. The summed E-state index contributed by atoms with van der Waals surface area (Å²) in [7, 11) is 0. The van der Waals surface area contributed by atoms with Crippen LogP contribution in [-0.2, 0) is 15.0 Å². The Balaban J connectivity index is 1.52. The average molecular weight is 715 g/mol. The first-order valence-electron chi connectivity index (χ1n) is 13.3. The van der Waals surface area contributed by atoms with Crippen molar-refractivity contribution in [3.05, 3.63) is 115 Å². The summed E-state index contributed by atoms with van der Waals surface area (Å²) in [5.41, 5.74) is 1.55. The molecule has 3 N–H and O–H groups in total. The molecule has 42 heavy (non-hydrogen) atoms. The summed E-state index contributed by atoms with van der Waals surface area (Å²) in [4.78, 5) is 27.8. The molecule has 2 aliphatic heterocycles. The second kappa shape index (κ2) is 11.8. The normalized spacial score (nSPS) is 21.0. The van der Waals surface area contributed by atoms with Gasteiger partial charge >= 0.3 is 0 Å². The predicted octanol–water partition coefficient (Wildman–Crippen LogP) is 7.00. The lowest BCUT2D eigenvalue weighted by Crippen LogP contribution is -2.56. The van der Waals surface area contributed by atoms with Gasteiger partial charge in [0.1, 0.15) is 29.3 Å². The predicted molar refractivity (Wildman–Crippen MR) is 170 cm³/mol. The van der Waals surface area contributed by atoms with E-state index in [1.54, 1.807) is 42.5 Å². The van der Waals surface area contributed by atoms with Crippen molar-refractivity contribution in [1.82, 2.24) is 5.32 Å². The number of piperidine rings is 1. The topological polar surface area (TPSA) is 96.9 Å². The molecule has 4 aromatic rings. The molecule has 0 radical (unpaired) electrons. The number of carbonyl (C=O) groups is 2. The Morgan fingerprint density at radius 1 is 0.929 bits per heavy atom. The monoisotopic (exact) mass is 714 g/mol. The van der Waals surface area contributed by atoms with Gasteiger partial charge < -0.3 is 25.2 Å². The van der Waals surface area contributed by atoms with E-state index in [0.29, 0.717) is 38.5 Å². The molecule has 1 saturated heterocycles. The summed E-state index contributed by atoms with van der Waals surface area (Å²) in [5.74, 6) is 0.655. The van der Waals surface area contributed by atoms with E-state index in [1.807, 2.05) is 42.5 Å². The molecule has 0 aromatic heterocycles. The molecule has 1 spiro atoms. The van der Waals surface area contributed by atoms with Crippen molar-refractivity contribution in [3.8, 4) is 17.2 Å². The third kappa shape index (κ3) is 5.21. The molecule has 10 heteroatoms. The highest BCUT2D eigenvalue weighted by Gasteiger charge is 2.61. The zero-order valence-electron chi connectivity index (χ0n) is 22.1. The quantitative estimate of drug-likeness (QED) is 0.179. The van der Waals surface area contributed by atoms with Crippen molar-refractivity contribution in [2.45, 2.75) is 23.8 Å². The van der Waals surface area contributed by atoms with Crippen LogP contribution < -0.4 is 20.1 Å². The van der Waals surface area contributed by atoms with Gasteiger partial charge in [0.25, 0.3) is 0 Å². The molecule has 3 unspecified atom stereocenters. The molecule has 3 atom stereocenters. The largest absolute Gasteiger partial charge is 0.491 e. The minimum atomic E-state index is -1.23. The van der Waals surface area contributed by atoms with Gasteiger partial charge in [-0.1, -0.05) is 41.4 Å². The van der Waals surface area contributed by atoms with E-state index in [2.05, 4.69) is 33.2 Å². The molecule has 214 valence electrons. The summed E-state index contributed by atoms with van der Waals surface area (Å²) in [6.07, 6.45) is 0.0851. The Labute approximate surface area is 266 Å². The Hall–Kier alpha value is -3.31. The number of amides is 2. The maximum atomic E-state index is 14.3. The van der Waals surface area contributed by atoms with Crippen LogP contribution in [0.5, 0.6) is 17.2 Å². The van der Waals surface area contributed by atoms with Gasteiger partial charge in [0.05, 0.1) is 12.6 Å². The molecular weight excluding hydrogens is 690 g/mol. The van der Waals surface area contributed by atoms with Crippen LogP contribution in [0.4, 0.5) is 5.69 Å². The summed E-state index contributed by atoms with van der Waals surface area (Å²) < 4.78 is 12.8. The standard InChI is InChI=1S/C32H25Cl2IN2O5/c33-19-3-1-2-18(14-19)26-17-29(39)37-30(32(26)25-10-4-20(34)15-27(25)36-31(32)40)24-16-21(35)5-11-28(24)42-23-8-6-22(7-9-23)41-13-12-38/h1-11,14-16,26,30,38H,12-13,17H2,(H,36,40)(H,37,39). The Kier molecular flexibility index (Phi) is 8.06. The number of anilines is 1. The van der Waals surface area contributed by atoms with Crippen LogP contribution >= 0.6 is 45.8 Å². The molecule has 0 aliphatic carbocycles. The highest BCUT2D eigenvalue weighted by atomic mass is 127. The number of nitrogens with one attached hydrogen (secondary N) is 2. The van der Waals surface area contributed by atoms with Gasteiger partial charge in [-0.15, -0.1) is 0 Å². The van der Waals surface area contributed by atoms with Gasteiger partial charge in [-0.2, -0.15) is 0 Å². The molecule has 2 heterocycles. The highest BCUT2D eigenvalue weighted by Crippen LogP contribution is 2.58. The number of rotatable bonds is 7. The lowest BCUT2D eigenvalue weighted by molar-refractivity contribution is -0.131. The van der Waals surface area contributed by atoms with Crippen LogP contribution in [0.25, 0.3) is 0 Å². The fourth-order valence-corrected chi connectivity index (χ4v) is 6.89. The summed E-state index contributed by atoms with van der Waals surface area (Å²) in [5, 5.41) is 16.3. The van der Waals surface area contributed by atoms with Gasteiger partial charge in [-0.05, 0) is 100 Å². The maximum absolute atomic E-state index is 14.3. The van der Waals surface area contributed by atoms with E-state index in [1.165, 1.54) is 0 Å². The molecule has 0 bridgehead atoms. The SMILES string of the molecule is O=C1CC(c2cccc(Cl)c2)C2(C(=O)Nc3cc(Cl)ccc32)C(c2cc(I)ccc2Oc2ccc(OCCO)cc2)N1. The van der Waals surface area contributed by atoms with Crippen molar-refractivity contribution in [2.24, 2.45) is 0 Å². The minimum absolute atomic E-state index is 0.0851. The zero-order valence-corrected chi connectivity index (χ0v) is 25.7. The number of halogens is 3. The smallest absolute Gasteiger partial charge is 0.238 e. The van der Waals surface area contributed by atoms with E-state index in [-0.39, 0.29) is 31.4 Å². The van der Waals surface area contributed by atoms with Gasteiger partial charge in [0.2, 0.25) is 11.8 Å². The first-order valence-corrected chi connectivity index (χ1v) is 15.1. The Morgan fingerprint density at radius 2 is 1.69 bits per heavy atom. The van der Waals surface area contributed by atoms with Crippen LogP contribution in [0.1, 0.15) is 35.1 Å². The van der Waals surface area contributed by atoms with E-state index in [0.717, 1.165) is 14.7 Å². The van der Waals surface area contributed by atoms with E-state index >= 15 is 0 Å². The number of fused-ring (bicyclic) bond motifs is 2. The maximum Gasteiger partial charge on any atom is 0.238 e. The first kappa shape index (κ1) is 28.8. The summed E-state index contributed by atoms with van der Waals surface area (Å²) in [6, 6.07) is 24.6. The summed E-state index contributed by atoms with van der Waals surface area (Å²) >= 11 is 15.0. The molecule has 0 saturated carbocycles. The number of hydrogen-bond acceptors (Lipinski definition) is 5. The van der Waals surface area contributed by atoms with Gasteiger partial charge in [-0.25, -0.2) is 0 Å². The molecule has 6 rings (SSSR count). The molecule has 7 nitrogen and oxygen atoms in total. The van der Waals surface area contributed by atoms with Crippen molar-refractivity contribution >= 4 is 63.3 Å². The molecule has 4 aromatic carbocycles. The van der Waals surface area contributed by atoms with Crippen LogP contribution in [0, 0.1) is 3.57 Å². The molecule has 2 aliphatic rings. The van der Waals surface area contributed by atoms with Crippen molar-refractivity contribution in [2.75, 3.05) is 18.5 Å². The average Bonchev–Trinajstić information content (AvgIpc) is 3.25. The lowest BCUT2D eigenvalue weighted by Gasteiger charge is -2.46. The highest BCUT2D eigenvalue weighted by molar-refractivity contribution is 14.1. The molecular formula is C32H25Cl2IN2O5. The van der Waals surface area contributed by atoms with Crippen molar-refractivity contribution in [1.29, 1.82) is 0 Å². The number of carbonyl (C=O) groups excluding carboxylic acids is 2. The Bertz CT molecular complexity index is 1680. The number of benzene rings is 4. The van der Waals surface area contributed by atoms with Crippen LogP contribution in [-0.4, -0.2) is 30.1 Å². The minimum Gasteiger partial charge on any atom is -0.491 e.